The maximum atomic E-state index is 13.2. The molecule has 1 aliphatic rings. The monoisotopic (exact) mass is 376 g/mol. The molecule has 4 rings (SSSR count). The summed E-state index contributed by atoms with van der Waals surface area (Å²) in [6.07, 6.45) is -0.893. The van der Waals surface area contributed by atoms with Gasteiger partial charge in [0.15, 0.2) is 12.4 Å². The summed E-state index contributed by atoms with van der Waals surface area (Å²) >= 11 is 0. The number of benzene rings is 1. The van der Waals surface area contributed by atoms with E-state index in [1.54, 1.807) is 6.20 Å². The molecule has 0 unspecified atom stereocenters. The van der Waals surface area contributed by atoms with Gasteiger partial charge >= 0.3 is 6.18 Å². The van der Waals surface area contributed by atoms with E-state index < -0.39 is 17.6 Å². The minimum Gasteiger partial charge on any atom is -0.479 e. The number of fused-ring (bicyclic) bond motifs is 2. The van der Waals surface area contributed by atoms with Crippen molar-refractivity contribution >= 4 is 22.9 Å². The van der Waals surface area contributed by atoms with Gasteiger partial charge in [-0.15, -0.1) is 0 Å². The first-order chi connectivity index (χ1) is 12.8. The predicted molar refractivity (Wildman–Crippen MR) is 92.8 cm³/mol. The van der Waals surface area contributed by atoms with Gasteiger partial charge in [0.1, 0.15) is 5.65 Å². The van der Waals surface area contributed by atoms with E-state index in [2.05, 4.69) is 15.6 Å². The van der Waals surface area contributed by atoms with Gasteiger partial charge in [-0.1, -0.05) is 6.07 Å². The number of imidazole rings is 1. The van der Waals surface area contributed by atoms with E-state index in [1.807, 2.05) is 29.7 Å². The normalized spacial score (nSPS) is 13.9. The molecule has 1 aromatic carbocycles. The first-order valence-electron chi connectivity index (χ1n) is 8.16. The van der Waals surface area contributed by atoms with Gasteiger partial charge in [-0.05, 0) is 30.7 Å². The van der Waals surface area contributed by atoms with E-state index in [0.717, 1.165) is 23.3 Å². The van der Waals surface area contributed by atoms with Gasteiger partial charge in [-0.25, -0.2) is 4.98 Å². The molecular formula is C18H15F3N4O2. The van der Waals surface area contributed by atoms with Gasteiger partial charge in [0.2, 0.25) is 0 Å². The number of aryl methyl sites for hydroxylation is 1. The smallest absolute Gasteiger partial charge is 0.416 e. The highest BCUT2D eigenvalue weighted by Gasteiger charge is 2.33. The fraction of sp³-hybridized carbons (Fsp3) is 0.222. The molecule has 0 radical (unpaired) electrons. The third kappa shape index (κ3) is 3.27. The number of halogens is 3. The van der Waals surface area contributed by atoms with Crippen molar-refractivity contribution in [3.05, 3.63) is 53.5 Å². The number of hydrogen-bond acceptors (Lipinski definition) is 4. The molecule has 27 heavy (non-hydrogen) atoms. The molecule has 0 saturated carbocycles. The van der Waals surface area contributed by atoms with E-state index >= 15 is 0 Å². The quantitative estimate of drug-likeness (QED) is 0.733. The Morgan fingerprint density at radius 3 is 2.93 bits per heavy atom. The molecule has 2 N–H and O–H groups in total. The third-order valence-electron chi connectivity index (χ3n) is 4.23. The van der Waals surface area contributed by atoms with E-state index in [-0.39, 0.29) is 30.3 Å². The second-order valence-electron chi connectivity index (χ2n) is 6.24. The topological polar surface area (TPSA) is 67.7 Å². The number of hydrogen-bond donors (Lipinski definition) is 2. The van der Waals surface area contributed by atoms with Crippen molar-refractivity contribution in [2.45, 2.75) is 19.6 Å². The Bertz CT molecular complexity index is 1040. The number of rotatable bonds is 3. The molecule has 2 aromatic heterocycles. The van der Waals surface area contributed by atoms with Crippen LogP contribution in [0.2, 0.25) is 0 Å². The van der Waals surface area contributed by atoms with Crippen LogP contribution in [0.3, 0.4) is 0 Å². The summed E-state index contributed by atoms with van der Waals surface area (Å²) in [5.41, 5.74) is 1.70. The van der Waals surface area contributed by atoms with Crippen molar-refractivity contribution in [1.82, 2.24) is 9.38 Å². The SMILES string of the molecule is Cc1cccn2cc(CNc3cc(C(F)(F)F)cc4c3OCC(=O)N4)nc12. The van der Waals surface area contributed by atoms with Crippen molar-refractivity contribution in [3.63, 3.8) is 0 Å². The van der Waals surface area contributed by atoms with Crippen LogP contribution in [-0.4, -0.2) is 21.9 Å². The lowest BCUT2D eigenvalue weighted by molar-refractivity contribution is -0.137. The molecule has 3 heterocycles. The second-order valence-corrected chi connectivity index (χ2v) is 6.24. The van der Waals surface area contributed by atoms with Gasteiger partial charge in [-0.2, -0.15) is 13.2 Å². The second kappa shape index (κ2) is 6.19. The van der Waals surface area contributed by atoms with Gasteiger partial charge in [0.25, 0.3) is 5.91 Å². The average molecular weight is 376 g/mol. The Balaban J connectivity index is 1.66. The fourth-order valence-corrected chi connectivity index (χ4v) is 2.97. The fourth-order valence-electron chi connectivity index (χ4n) is 2.97. The number of carbonyl (C=O) groups excluding carboxylic acids is 1. The third-order valence-corrected chi connectivity index (χ3v) is 4.23. The Labute approximate surface area is 152 Å². The highest BCUT2D eigenvalue weighted by molar-refractivity contribution is 5.97. The molecule has 0 atom stereocenters. The van der Waals surface area contributed by atoms with Crippen LogP contribution in [0.4, 0.5) is 24.5 Å². The van der Waals surface area contributed by atoms with E-state index in [1.165, 1.54) is 0 Å². The van der Waals surface area contributed by atoms with Crippen LogP contribution >= 0.6 is 0 Å². The van der Waals surface area contributed by atoms with Crippen molar-refractivity contribution < 1.29 is 22.7 Å². The summed E-state index contributed by atoms with van der Waals surface area (Å²) in [6, 6.07) is 5.66. The van der Waals surface area contributed by atoms with Crippen LogP contribution in [0.1, 0.15) is 16.8 Å². The Hall–Kier alpha value is -3.23. The largest absolute Gasteiger partial charge is 0.479 e. The molecular weight excluding hydrogens is 361 g/mol. The van der Waals surface area contributed by atoms with Gasteiger partial charge in [-0.3, -0.25) is 4.79 Å². The van der Waals surface area contributed by atoms with Crippen LogP contribution in [-0.2, 0) is 17.5 Å². The minimum absolute atomic E-state index is 0.00517. The number of carbonyl (C=O) groups is 1. The van der Waals surface area contributed by atoms with Gasteiger partial charge in [0.05, 0.1) is 29.2 Å². The first-order valence-corrected chi connectivity index (χ1v) is 8.16. The number of amides is 1. The molecule has 0 saturated heterocycles. The van der Waals surface area contributed by atoms with Crippen LogP contribution in [0.5, 0.6) is 5.75 Å². The summed E-state index contributed by atoms with van der Waals surface area (Å²) in [7, 11) is 0. The molecule has 1 aliphatic heterocycles. The molecule has 1 amide bonds. The molecule has 0 fully saturated rings. The number of anilines is 2. The predicted octanol–water partition coefficient (Wildman–Crippen LogP) is 3.60. The summed E-state index contributed by atoms with van der Waals surface area (Å²) in [6.45, 7) is 1.88. The van der Waals surface area contributed by atoms with Crippen molar-refractivity contribution in [2.75, 3.05) is 17.2 Å². The minimum atomic E-state index is -4.55. The summed E-state index contributed by atoms with van der Waals surface area (Å²) in [4.78, 5) is 15.9. The number of pyridine rings is 1. The zero-order valence-corrected chi connectivity index (χ0v) is 14.2. The number of aromatic nitrogens is 2. The lowest BCUT2D eigenvalue weighted by Gasteiger charge is -2.23. The highest BCUT2D eigenvalue weighted by atomic mass is 19.4. The molecule has 0 aliphatic carbocycles. The number of alkyl halides is 3. The van der Waals surface area contributed by atoms with E-state index in [9.17, 15) is 18.0 Å². The number of nitrogens with one attached hydrogen (secondary N) is 2. The number of nitrogens with zero attached hydrogens (tertiary/aromatic N) is 2. The Morgan fingerprint density at radius 2 is 2.19 bits per heavy atom. The molecule has 3 aromatic rings. The standard InChI is InChI=1S/C18H15F3N4O2/c1-10-3-2-4-25-8-12(23-17(10)25)7-22-13-5-11(18(19,20)21)6-14-16(13)27-9-15(26)24-14/h2-6,8,22H,7,9H2,1H3,(H,24,26). The summed E-state index contributed by atoms with van der Waals surface area (Å²) in [5, 5.41) is 5.36. The van der Waals surface area contributed by atoms with Crippen molar-refractivity contribution in [1.29, 1.82) is 0 Å². The van der Waals surface area contributed by atoms with Gasteiger partial charge < -0.3 is 19.8 Å². The zero-order chi connectivity index (χ0) is 19.2. The molecule has 6 nitrogen and oxygen atoms in total. The van der Waals surface area contributed by atoms with Crippen LogP contribution in [0.25, 0.3) is 5.65 Å². The van der Waals surface area contributed by atoms with Crippen molar-refractivity contribution in [3.8, 4) is 5.75 Å². The maximum absolute atomic E-state index is 13.2. The lowest BCUT2D eigenvalue weighted by Crippen LogP contribution is -2.26. The molecule has 9 heteroatoms. The molecule has 0 bridgehead atoms. The summed E-state index contributed by atoms with van der Waals surface area (Å²) < 4.78 is 46.7. The maximum Gasteiger partial charge on any atom is 0.416 e. The molecule has 0 spiro atoms. The van der Waals surface area contributed by atoms with E-state index in [4.69, 9.17) is 4.74 Å². The van der Waals surface area contributed by atoms with Crippen LogP contribution in [0.15, 0.2) is 36.7 Å². The first kappa shape index (κ1) is 17.2. The highest BCUT2D eigenvalue weighted by Crippen LogP contribution is 2.42. The van der Waals surface area contributed by atoms with E-state index in [0.29, 0.717) is 5.69 Å². The average Bonchev–Trinajstić information content (AvgIpc) is 3.03. The van der Waals surface area contributed by atoms with Crippen molar-refractivity contribution in [2.24, 2.45) is 0 Å². The Morgan fingerprint density at radius 1 is 1.37 bits per heavy atom. The Kier molecular flexibility index (Phi) is 3.94. The van der Waals surface area contributed by atoms with Gasteiger partial charge in [0, 0.05) is 12.4 Å². The summed E-state index contributed by atoms with van der Waals surface area (Å²) in [5.74, 6) is -0.314. The number of ether oxygens (including phenoxy) is 1. The lowest BCUT2D eigenvalue weighted by atomic mass is 10.1. The molecule has 140 valence electrons. The van der Waals surface area contributed by atoms with Crippen LogP contribution in [0, 0.1) is 6.92 Å². The zero-order valence-electron chi connectivity index (χ0n) is 14.2. The van der Waals surface area contributed by atoms with Crippen LogP contribution < -0.4 is 15.4 Å².